The summed E-state index contributed by atoms with van der Waals surface area (Å²) in [5.41, 5.74) is 2.48. The summed E-state index contributed by atoms with van der Waals surface area (Å²) < 4.78 is 5.91. The van der Waals surface area contributed by atoms with Gasteiger partial charge in [0.15, 0.2) is 0 Å². The molecule has 1 saturated heterocycles. The van der Waals surface area contributed by atoms with Crippen molar-refractivity contribution in [1.29, 1.82) is 0 Å². The first-order valence-electron chi connectivity index (χ1n) is 14.2. The van der Waals surface area contributed by atoms with Crippen LogP contribution in [0.3, 0.4) is 0 Å². The number of aliphatic hydroxyl groups excluding tert-OH is 1. The molecule has 182 valence electrons. The van der Waals surface area contributed by atoms with Gasteiger partial charge in [0.25, 0.3) is 0 Å². The maximum absolute atomic E-state index is 10.9. The number of aliphatic hydroxyl groups is 1. The third-order valence-corrected chi connectivity index (χ3v) is 13.9. The summed E-state index contributed by atoms with van der Waals surface area (Å²) >= 11 is 0. The lowest BCUT2D eigenvalue weighted by Crippen LogP contribution is -2.57. The predicted molar refractivity (Wildman–Crippen MR) is 130 cm³/mol. The lowest BCUT2D eigenvalue weighted by atomic mass is 9.41. The number of ether oxygens (including phenoxy) is 1. The highest BCUT2D eigenvalue weighted by Crippen LogP contribution is 2.89. The standard InChI is InChI=1S/C30H50O2/c1-19(8-11-24-26(4,5)32-24)20-12-14-28(7)22-10-9-21-25(2,3)23(31)13-15-29(21)18-30(22,29)17-16-27(20,28)6/h19-24,31H,8-18H2,1-7H3/t19-,20-,21+,22+,23+,24?,27-,28+,29-,30+/m1/s1. The van der Waals surface area contributed by atoms with Crippen molar-refractivity contribution in [2.24, 2.45) is 50.7 Å². The number of hydrogen-bond acceptors (Lipinski definition) is 2. The van der Waals surface area contributed by atoms with E-state index in [1.165, 1.54) is 64.2 Å². The molecule has 2 nitrogen and oxygen atoms in total. The summed E-state index contributed by atoms with van der Waals surface area (Å²) in [6, 6.07) is 0. The van der Waals surface area contributed by atoms with Gasteiger partial charge in [-0.3, -0.25) is 0 Å². The van der Waals surface area contributed by atoms with E-state index in [0.717, 1.165) is 30.1 Å². The van der Waals surface area contributed by atoms with Gasteiger partial charge in [0.05, 0.1) is 17.8 Å². The Morgan fingerprint density at radius 3 is 2.16 bits per heavy atom. The van der Waals surface area contributed by atoms with Crippen LogP contribution in [0.25, 0.3) is 0 Å². The van der Waals surface area contributed by atoms with Gasteiger partial charge in [0.1, 0.15) is 0 Å². The van der Waals surface area contributed by atoms with Gasteiger partial charge in [-0.1, -0.05) is 34.6 Å². The molecular weight excluding hydrogens is 392 g/mol. The topological polar surface area (TPSA) is 32.8 Å². The van der Waals surface area contributed by atoms with Gasteiger partial charge in [-0.2, -0.15) is 0 Å². The van der Waals surface area contributed by atoms with Crippen molar-refractivity contribution in [2.75, 3.05) is 0 Å². The van der Waals surface area contributed by atoms with Gasteiger partial charge in [-0.15, -0.1) is 0 Å². The summed E-state index contributed by atoms with van der Waals surface area (Å²) in [5, 5.41) is 10.9. The third kappa shape index (κ3) is 2.51. The highest BCUT2D eigenvalue weighted by molar-refractivity contribution is 5.30. The summed E-state index contributed by atoms with van der Waals surface area (Å²) in [4.78, 5) is 0. The minimum Gasteiger partial charge on any atom is -0.393 e. The van der Waals surface area contributed by atoms with E-state index in [0.29, 0.717) is 27.8 Å². The zero-order valence-electron chi connectivity index (χ0n) is 22.1. The van der Waals surface area contributed by atoms with Crippen molar-refractivity contribution >= 4 is 0 Å². The Hall–Kier alpha value is -0.0800. The number of epoxide rings is 1. The van der Waals surface area contributed by atoms with Gasteiger partial charge < -0.3 is 9.84 Å². The first-order chi connectivity index (χ1) is 14.8. The monoisotopic (exact) mass is 442 g/mol. The fourth-order valence-electron chi connectivity index (χ4n) is 11.7. The lowest BCUT2D eigenvalue weighted by molar-refractivity contribution is -0.161. The van der Waals surface area contributed by atoms with E-state index in [1.807, 2.05) is 0 Å². The summed E-state index contributed by atoms with van der Waals surface area (Å²) in [7, 11) is 0. The molecule has 6 aliphatic rings. The molecule has 0 aromatic rings. The molecule has 2 spiro atoms. The second kappa shape index (κ2) is 6.37. The number of rotatable bonds is 4. The summed E-state index contributed by atoms with van der Waals surface area (Å²) in [6.07, 6.45) is 15.5. The summed E-state index contributed by atoms with van der Waals surface area (Å²) in [5.74, 6) is 3.40. The molecular formula is C30H50O2. The first kappa shape index (κ1) is 22.4. The molecule has 1 unspecified atom stereocenters. The van der Waals surface area contributed by atoms with Crippen LogP contribution < -0.4 is 0 Å². The van der Waals surface area contributed by atoms with Gasteiger partial charge >= 0.3 is 0 Å². The van der Waals surface area contributed by atoms with Crippen molar-refractivity contribution in [3.8, 4) is 0 Å². The van der Waals surface area contributed by atoms with Crippen molar-refractivity contribution in [3.63, 3.8) is 0 Å². The van der Waals surface area contributed by atoms with Gasteiger partial charge in [0.2, 0.25) is 0 Å². The van der Waals surface area contributed by atoms with E-state index in [4.69, 9.17) is 4.74 Å². The van der Waals surface area contributed by atoms with Gasteiger partial charge in [-0.05, 0) is 135 Å². The molecule has 0 aromatic carbocycles. The van der Waals surface area contributed by atoms with Crippen LogP contribution in [0.5, 0.6) is 0 Å². The molecule has 5 aliphatic carbocycles. The normalized spacial score (nSPS) is 57.6. The van der Waals surface area contributed by atoms with E-state index >= 15 is 0 Å². The average Bonchev–Trinajstić information content (AvgIpc) is 3.53. The van der Waals surface area contributed by atoms with E-state index in [9.17, 15) is 5.11 Å². The van der Waals surface area contributed by atoms with Crippen LogP contribution in [0.2, 0.25) is 0 Å². The van der Waals surface area contributed by atoms with Crippen molar-refractivity contribution in [2.45, 2.75) is 137 Å². The molecule has 0 amide bonds. The quantitative estimate of drug-likeness (QED) is 0.461. The Morgan fingerprint density at radius 2 is 1.47 bits per heavy atom. The van der Waals surface area contributed by atoms with Crippen molar-refractivity contribution < 1.29 is 9.84 Å². The fraction of sp³-hybridized carbons (Fsp3) is 1.00. The molecule has 2 heteroatoms. The smallest absolute Gasteiger partial charge is 0.0892 e. The van der Waals surface area contributed by atoms with Crippen LogP contribution in [0.15, 0.2) is 0 Å². The molecule has 1 heterocycles. The van der Waals surface area contributed by atoms with Crippen LogP contribution in [-0.4, -0.2) is 22.9 Å². The molecule has 6 rings (SSSR count). The van der Waals surface area contributed by atoms with E-state index in [-0.39, 0.29) is 17.1 Å². The minimum atomic E-state index is -0.0890. The zero-order chi connectivity index (χ0) is 22.9. The lowest BCUT2D eigenvalue weighted by Gasteiger charge is -2.63. The molecule has 1 aliphatic heterocycles. The SMILES string of the molecule is C[C@H](CCC1OC1(C)C)[C@H]1CC[C@@]2(C)[C@@H]3CC[C@H]4C(C)(C)[C@@H](O)CC[C@@]45C[C@@]35CC[C@]12C. The first-order valence-corrected chi connectivity index (χ1v) is 14.2. The maximum Gasteiger partial charge on any atom is 0.0892 e. The molecule has 32 heavy (non-hydrogen) atoms. The summed E-state index contributed by atoms with van der Waals surface area (Å²) in [6.45, 7) is 17.3. The van der Waals surface area contributed by atoms with Crippen LogP contribution in [0.4, 0.5) is 0 Å². The van der Waals surface area contributed by atoms with Gasteiger partial charge in [-0.25, -0.2) is 0 Å². The number of fused-ring (bicyclic) bond motifs is 2. The Balaban J connectivity index is 1.24. The average molecular weight is 443 g/mol. The minimum absolute atomic E-state index is 0.0890. The Kier molecular flexibility index (Phi) is 4.46. The van der Waals surface area contributed by atoms with Crippen molar-refractivity contribution in [1.82, 2.24) is 0 Å². The van der Waals surface area contributed by atoms with Crippen LogP contribution in [-0.2, 0) is 4.74 Å². The third-order valence-electron chi connectivity index (χ3n) is 13.9. The second-order valence-corrected chi connectivity index (χ2v) is 15.3. The Morgan fingerprint density at radius 1 is 0.812 bits per heavy atom. The van der Waals surface area contributed by atoms with Gasteiger partial charge in [0, 0.05) is 0 Å². The molecule has 1 N–H and O–H groups in total. The molecule has 0 bridgehead atoms. The fourth-order valence-corrected chi connectivity index (χ4v) is 11.7. The van der Waals surface area contributed by atoms with E-state index < -0.39 is 0 Å². The van der Waals surface area contributed by atoms with E-state index in [2.05, 4.69) is 48.5 Å². The highest BCUT2D eigenvalue weighted by atomic mass is 16.6. The van der Waals surface area contributed by atoms with E-state index in [1.54, 1.807) is 0 Å². The maximum atomic E-state index is 10.9. The van der Waals surface area contributed by atoms with Crippen LogP contribution in [0, 0.1) is 50.7 Å². The van der Waals surface area contributed by atoms with Crippen LogP contribution in [0.1, 0.15) is 119 Å². The molecule has 5 saturated carbocycles. The van der Waals surface area contributed by atoms with Crippen molar-refractivity contribution in [3.05, 3.63) is 0 Å². The molecule has 0 radical (unpaired) electrons. The zero-order valence-corrected chi connectivity index (χ0v) is 22.1. The Bertz CT molecular complexity index is 801. The molecule has 10 atom stereocenters. The predicted octanol–water partition coefficient (Wildman–Crippen LogP) is 7.38. The van der Waals surface area contributed by atoms with Crippen LogP contribution >= 0.6 is 0 Å². The number of hydrogen-bond donors (Lipinski definition) is 1. The molecule has 0 aromatic heterocycles. The largest absolute Gasteiger partial charge is 0.393 e. The highest BCUT2D eigenvalue weighted by Gasteiger charge is 2.82. The Labute approximate surface area is 197 Å². The molecule has 6 fully saturated rings. The second-order valence-electron chi connectivity index (χ2n) is 15.3.